The average molecular weight is 646 g/mol. The summed E-state index contributed by atoms with van der Waals surface area (Å²) >= 11 is 0. The summed E-state index contributed by atoms with van der Waals surface area (Å²) in [7, 11) is 3.48. The van der Waals surface area contributed by atoms with Crippen LogP contribution in [-0.2, 0) is 26.6 Å². The molecule has 6 aromatic rings. The predicted octanol–water partition coefficient (Wildman–Crippen LogP) is 4.98. The van der Waals surface area contributed by atoms with Crippen molar-refractivity contribution in [3.63, 3.8) is 0 Å². The first-order valence-corrected chi connectivity index (χ1v) is 16.6. The number of aryl methyl sites for hydroxylation is 2. The first kappa shape index (κ1) is 30.1. The second-order valence-electron chi connectivity index (χ2n) is 12.7. The minimum Gasteiger partial charge on any atom is -0.495 e. The molecular formula is C35H39N11O2. The number of para-hydroxylation sites is 1. The van der Waals surface area contributed by atoms with Crippen LogP contribution in [0, 0.1) is 0 Å². The van der Waals surface area contributed by atoms with Gasteiger partial charge in [-0.2, -0.15) is 5.10 Å². The highest BCUT2D eigenvalue weighted by Gasteiger charge is 2.32. The van der Waals surface area contributed by atoms with Gasteiger partial charge in [-0.25, -0.2) is 14.6 Å². The van der Waals surface area contributed by atoms with Crippen LogP contribution < -0.4 is 15.8 Å². The van der Waals surface area contributed by atoms with Gasteiger partial charge in [-0.05, 0) is 49.9 Å². The zero-order chi connectivity index (χ0) is 32.9. The third-order valence-corrected chi connectivity index (χ3v) is 10.1. The van der Waals surface area contributed by atoms with Crippen LogP contribution in [-0.4, -0.2) is 69.6 Å². The van der Waals surface area contributed by atoms with Gasteiger partial charge in [0.15, 0.2) is 5.65 Å². The van der Waals surface area contributed by atoms with E-state index in [4.69, 9.17) is 15.6 Å². The van der Waals surface area contributed by atoms with Gasteiger partial charge in [0, 0.05) is 49.1 Å². The Kier molecular flexibility index (Phi) is 7.55. The van der Waals surface area contributed by atoms with E-state index in [0.29, 0.717) is 34.7 Å². The van der Waals surface area contributed by atoms with E-state index >= 15 is 0 Å². The fourth-order valence-electron chi connectivity index (χ4n) is 7.56. The number of nitrogen functional groups attached to an aromatic ring is 1. The van der Waals surface area contributed by atoms with Gasteiger partial charge in [0.25, 0.3) is 5.91 Å². The number of fused-ring (bicyclic) bond motifs is 3. The van der Waals surface area contributed by atoms with E-state index in [9.17, 15) is 4.79 Å². The SMILES string of the molecule is CCc1nnc2n1CCN([C@H]1CC[C@H](n3nc(-c4ccc(NC(=O)c5cc6ccccc6n5C)c(OC)c4)c4c(N)ncnc43)CC1)C2. The maximum Gasteiger partial charge on any atom is 0.272 e. The number of hydrogen-bond acceptors (Lipinski definition) is 9. The summed E-state index contributed by atoms with van der Waals surface area (Å²) in [6, 6.07) is 16.1. The minimum atomic E-state index is -0.222. The number of rotatable bonds is 7. The molecule has 8 rings (SSSR count). The molecule has 1 aliphatic carbocycles. The standard InChI is InChI=1S/C35H39N11O2/c1-4-29-40-41-30-19-44(15-16-45(29)30)23-10-12-24(13-11-23)46-34-31(33(36)37-20-38-34)32(42-46)22-9-14-25(28(18-22)48-3)39-35(47)27-17-21-7-5-6-8-26(21)43(27)2/h5-9,14,17-18,20,23-24H,4,10-13,15-16,19H2,1-3H3,(H,39,47)(H2,36,37,38)/t23-,24-. The van der Waals surface area contributed by atoms with Gasteiger partial charge in [0.05, 0.1) is 30.8 Å². The zero-order valence-corrected chi connectivity index (χ0v) is 27.4. The van der Waals surface area contributed by atoms with Crippen molar-refractivity contribution >= 4 is 39.3 Å². The van der Waals surface area contributed by atoms with Crippen LogP contribution in [0.15, 0.2) is 54.9 Å². The number of aromatic nitrogens is 8. The van der Waals surface area contributed by atoms with Crippen molar-refractivity contribution in [2.75, 3.05) is 24.7 Å². The molecule has 13 nitrogen and oxygen atoms in total. The summed E-state index contributed by atoms with van der Waals surface area (Å²) in [6.07, 6.45) is 6.51. The fourth-order valence-corrected chi connectivity index (χ4v) is 7.56. The molecule has 1 saturated carbocycles. The van der Waals surface area contributed by atoms with Gasteiger partial charge in [-0.15, -0.1) is 10.2 Å². The normalized spacial score (nSPS) is 18.3. The maximum atomic E-state index is 13.4. The molecule has 0 unspecified atom stereocenters. The van der Waals surface area contributed by atoms with Crippen molar-refractivity contribution in [1.29, 1.82) is 0 Å². The Morgan fingerprint density at radius 2 is 1.83 bits per heavy atom. The lowest BCUT2D eigenvalue weighted by Crippen LogP contribution is -2.43. The molecule has 2 aliphatic rings. The van der Waals surface area contributed by atoms with Crippen LogP contribution in [0.25, 0.3) is 33.2 Å². The second-order valence-corrected chi connectivity index (χ2v) is 12.7. The number of hydrogen-bond donors (Lipinski definition) is 2. The first-order chi connectivity index (χ1) is 23.4. The number of methoxy groups -OCH3 is 1. The van der Waals surface area contributed by atoms with Crippen molar-refractivity contribution in [2.24, 2.45) is 7.05 Å². The molecule has 1 amide bonds. The van der Waals surface area contributed by atoms with Gasteiger partial charge < -0.3 is 24.9 Å². The van der Waals surface area contributed by atoms with Crippen molar-refractivity contribution in [3.8, 4) is 17.0 Å². The summed E-state index contributed by atoms with van der Waals surface area (Å²) in [5.74, 6) is 2.83. The monoisotopic (exact) mass is 645 g/mol. The van der Waals surface area contributed by atoms with Gasteiger partial charge in [0.1, 0.15) is 40.9 Å². The molecule has 0 radical (unpaired) electrons. The number of amides is 1. The van der Waals surface area contributed by atoms with E-state index in [1.165, 1.54) is 6.33 Å². The lowest BCUT2D eigenvalue weighted by atomic mass is 9.90. The van der Waals surface area contributed by atoms with Crippen LogP contribution >= 0.6 is 0 Å². The number of nitrogens with zero attached hydrogens (tertiary/aromatic N) is 9. The Labute approximate surface area is 277 Å². The molecule has 0 bridgehead atoms. The van der Waals surface area contributed by atoms with Crippen molar-refractivity contribution in [3.05, 3.63) is 72.2 Å². The van der Waals surface area contributed by atoms with Crippen LogP contribution in [0.4, 0.5) is 11.5 Å². The zero-order valence-electron chi connectivity index (χ0n) is 27.4. The molecule has 13 heteroatoms. The number of ether oxygens (including phenoxy) is 1. The van der Waals surface area contributed by atoms with Gasteiger partial charge in [-0.1, -0.05) is 31.2 Å². The minimum absolute atomic E-state index is 0.188. The highest BCUT2D eigenvalue weighted by Crippen LogP contribution is 2.39. The van der Waals surface area contributed by atoms with Crippen LogP contribution in [0.5, 0.6) is 5.75 Å². The van der Waals surface area contributed by atoms with E-state index < -0.39 is 0 Å². The largest absolute Gasteiger partial charge is 0.495 e. The quantitative estimate of drug-likeness (QED) is 0.245. The van der Waals surface area contributed by atoms with E-state index in [-0.39, 0.29) is 11.9 Å². The predicted molar refractivity (Wildman–Crippen MR) is 184 cm³/mol. The molecule has 3 N–H and O–H groups in total. The summed E-state index contributed by atoms with van der Waals surface area (Å²) in [4.78, 5) is 24.9. The summed E-state index contributed by atoms with van der Waals surface area (Å²) in [5.41, 5.74) is 10.8. The Morgan fingerprint density at radius 1 is 1.02 bits per heavy atom. The fraction of sp³-hybridized carbons (Fsp3) is 0.371. The molecule has 1 aliphatic heterocycles. The first-order valence-electron chi connectivity index (χ1n) is 16.6. The number of benzene rings is 2. The molecule has 4 aromatic heterocycles. The molecule has 0 spiro atoms. The number of nitrogens with one attached hydrogen (secondary N) is 1. The van der Waals surface area contributed by atoms with Crippen LogP contribution in [0.3, 0.4) is 0 Å². The highest BCUT2D eigenvalue weighted by atomic mass is 16.5. The Hall–Kier alpha value is -5.30. The van der Waals surface area contributed by atoms with Crippen molar-refractivity contribution in [1.82, 2.24) is 44.0 Å². The number of carbonyl (C=O) groups excluding carboxylic acids is 1. The summed E-state index contributed by atoms with van der Waals surface area (Å²) in [5, 5.41) is 18.7. The van der Waals surface area contributed by atoms with E-state index in [1.807, 2.05) is 64.8 Å². The molecule has 1 fully saturated rings. The van der Waals surface area contributed by atoms with E-state index in [1.54, 1.807) is 7.11 Å². The summed E-state index contributed by atoms with van der Waals surface area (Å²) in [6.45, 7) is 4.95. The average Bonchev–Trinajstić information content (AvgIpc) is 3.82. The van der Waals surface area contributed by atoms with E-state index in [0.717, 1.165) is 90.9 Å². The second kappa shape index (κ2) is 12.1. The van der Waals surface area contributed by atoms with Crippen LogP contribution in [0.1, 0.15) is 60.8 Å². The van der Waals surface area contributed by atoms with Crippen LogP contribution in [0.2, 0.25) is 0 Å². The number of nitrogens with two attached hydrogens (primary N) is 1. The van der Waals surface area contributed by atoms with Crippen molar-refractivity contribution < 1.29 is 9.53 Å². The van der Waals surface area contributed by atoms with Gasteiger partial charge in [0.2, 0.25) is 0 Å². The summed E-state index contributed by atoms with van der Waals surface area (Å²) < 4.78 is 12.0. The molecule has 246 valence electrons. The molecular weight excluding hydrogens is 606 g/mol. The molecule has 0 atom stereocenters. The maximum absolute atomic E-state index is 13.4. The van der Waals surface area contributed by atoms with Gasteiger partial charge >= 0.3 is 0 Å². The van der Waals surface area contributed by atoms with Crippen molar-refractivity contribution in [2.45, 2.75) is 64.2 Å². The van der Waals surface area contributed by atoms with E-state index in [2.05, 4.69) is 41.9 Å². The Morgan fingerprint density at radius 3 is 2.62 bits per heavy atom. The third-order valence-electron chi connectivity index (χ3n) is 10.1. The number of carbonyl (C=O) groups is 1. The lowest BCUT2D eigenvalue weighted by molar-refractivity contribution is 0.101. The Balaban J connectivity index is 1.04. The lowest BCUT2D eigenvalue weighted by Gasteiger charge is -2.38. The Bertz CT molecular complexity index is 2150. The smallest absolute Gasteiger partial charge is 0.272 e. The third kappa shape index (κ3) is 5.05. The molecule has 2 aromatic carbocycles. The number of anilines is 2. The molecule has 0 saturated heterocycles. The topological polar surface area (TPSA) is 147 Å². The molecule has 5 heterocycles. The molecule has 48 heavy (non-hydrogen) atoms. The highest BCUT2D eigenvalue weighted by molar-refractivity contribution is 6.07. The van der Waals surface area contributed by atoms with Gasteiger partial charge in [-0.3, -0.25) is 9.69 Å².